The van der Waals surface area contributed by atoms with Crippen molar-refractivity contribution in [1.29, 1.82) is 0 Å². The topological polar surface area (TPSA) is 101 Å². The number of carboxylic acids is 1. The van der Waals surface area contributed by atoms with Crippen LogP contribution < -0.4 is 10.0 Å². The molecule has 0 saturated carbocycles. The van der Waals surface area contributed by atoms with Crippen molar-refractivity contribution < 1.29 is 18.3 Å². The third-order valence-corrected chi connectivity index (χ3v) is 3.70. The van der Waals surface area contributed by atoms with Gasteiger partial charge in [0.15, 0.2) is 0 Å². The molecule has 0 unspecified atom stereocenters. The summed E-state index contributed by atoms with van der Waals surface area (Å²) in [7, 11) is -3.78. The first-order chi connectivity index (χ1) is 7.89. The van der Waals surface area contributed by atoms with Gasteiger partial charge in [-0.25, -0.2) is 13.6 Å². The Labute approximate surface area is 98.7 Å². The average Bonchev–Trinajstić information content (AvgIpc) is 2.13. The fourth-order valence-corrected chi connectivity index (χ4v) is 2.55. The molecular weight excluding hydrogens is 244 g/mol. The number of anilines is 1. The summed E-state index contributed by atoms with van der Waals surface area (Å²) in [5.74, 6) is -1.31. The van der Waals surface area contributed by atoms with Gasteiger partial charge in [-0.3, -0.25) is 4.79 Å². The minimum absolute atomic E-state index is 0.0313. The monoisotopic (exact) mass is 256 g/mol. The van der Waals surface area contributed by atoms with Gasteiger partial charge in [0.2, 0.25) is 10.0 Å². The number of hydrogen-bond acceptors (Lipinski definition) is 4. The predicted molar refractivity (Wildman–Crippen MR) is 61.2 cm³/mol. The SMILES string of the molecule is NS(=O)(=O)c1ccccc1N1CC(C(=O)O)C1. The molecule has 0 bridgehead atoms. The minimum atomic E-state index is -3.78. The summed E-state index contributed by atoms with van der Waals surface area (Å²) >= 11 is 0. The lowest BCUT2D eigenvalue weighted by molar-refractivity contribution is -0.142. The van der Waals surface area contributed by atoms with E-state index in [2.05, 4.69) is 0 Å². The van der Waals surface area contributed by atoms with Crippen molar-refractivity contribution in [3.63, 3.8) is 0 Å². The predicted octanol–water partition coefficient (Wildman–Crippen LogP) is -0.145. The lowest BCUT2D eigenvalue weighted by atomic mass is 10.00. The van der Waals surface area contributed by atoms with Crippen LogP contribution in [0.2, 0.25) is 0 Å². The molecule has 1 aliphatic heterocycles. The van der Waals surface area contributed by atoms with Gasteiger partial charge in [-0.1, -0.05) is 12.1 Å². The minimum Gasteiger partial charge on any atom is -0.481 e. The maximum atomic E-state index is 11.3. The van der Waals surface area contributed by atoms with Gasteiger partial charge in [-0.15, -0.1) is 0 Å². The van der Waals surface area contributed by atoms with Gasteiger partial charge in [-0.2, -0.15) is 0 Å². The van der Waals surface area contributed by atoms with Crippen LogP contribution in [-0.4, -0.2) is 32.6 Å². The highest BCUT2D eigenvalue weighted by Gasteiger charge is 2.34. The van der Waals surface area contributed by atoms with E-state index >= 15 is 0 Å². The smallest absolute Gasteiger partial charge is 0.310 e. The van der Waals surface area contributed by atoms with E-state index in [1.54, 1.807) is 23.1 Å². The van der Waals surface area contributed by atoms with E-state index in [4.69, 9.17) is 10.2 Å². The summed E-state index contributed by atoms with van der Waals surface area (Å²) in [6, 6.07) is 6.31. The van der Waals surface area contributed by atoms with E-state index < -0.39 is 21.9 Å². The number of hydrogen-bond donors (Lipinski definition) is 2. The first-order valence-electron chi connectivity index (χ1n) is 4.99. The van der Waals surface area contributed by atoms with Gasteiger partial charge in [0.1, 0.15) is 4.90 Å². The number of para-hydroxylation sites is 1. The number of primary sulfonamides is 1. The highest BCUT2D eigenvalue weighted by atomic mass is 32.2. The lowest BCUT2D eigenvalue weighted by Crippen LogP contribution is -2.51. The zero-order valence-electron chi connectivity index (χ0n) is 8.91. The second-order valence-corrected chi connectivity index (χ2v) is 5.48. The average molecular weight is 256 g/mol. The highest BCUT2D eigenvalue weighted by Crippen LogP contribution is 2.30. The molecule has 1 saturated heterocycles. The Morgan fingerprint density at radius 2 is 1.94 bits per heavy atom. The summed E-state index contributed by atoms with van der Waals surface area (Å²) in [6.07, 6.45) is 0. The van der Waals surface area contributed by atoms with Crippen molar-refractivity contribution >= 4 is 21.7 Å². The molecule has 0 radical (unpaired) electrons. The number of sulfonamides is 1. The van der Waals surface area contributed by atoms with Crippen molar-refractivity contribution in [3.8, 4) is 0 Å². The standard InChI is InChI=1S/C10H12N2O4S/c11-17(15,16)9-4-2-1-3-8(9)12-5-7(6-12)10(13)14/h1-4,7H,5-6H2,(H,13,14)(H2,11,15,16). The van der Waals surface area contributed by atoms with Crippen LogP contribution >= 0.6 is 0 Å². The lowest BCUT2D eigenvalue weighted by Gasteiger charge is -2.39. The zero-order valence-corrected chi connectivity index (χ0v) is 9.72. The van der Waals surface area contributed by atoms with E-state index in [0.717, 1.165) is 0 Å². The molecule has 2 rings (SSSR count). The summed E-state index contributed by atoms with van der Waals surface area (Å²) in [5.41, 5.74) is 0.465. The number of benzene rings is 1. The summed E-state index contributed by atoms with van der Waals surface area (Å²) in [6.45, 7) is 0.615. The molecule has 0 atom stereocenters. The summed E-state index contributed by atoms with van der Waals surface area (Å²) in [4.78, 5) is 12.4. The van der Waals surface area contributed by atoms with E-state index in [1.807, 2.05) is 0 Å². The van der Waals surface area contributed by atoms with Crippen LogP contribution in [-0.2, 0) is 14.8 Å². The van der Waals surface area contributed by atoms with Crippen LogP contribution in [0.5, 0.6) is 0 Å². The van der Waals surface area contributed by atoms with E-state index in [9.17, 15) is 13.2 Å². The van der Waals surface area contributed by atoms with Crippen LogP contribution in [0.1, 0.15) is 0 Å². The molecule has 1 aliphatic rings. The molecule has 0 aromatic heterocycles. The third-order valence-electron chi connectivity index (χ3n) is 2.74. The summed E-state index contributed by atoms with van der Waals surface area (Å²) in [5, 5.41) is 13.9. The number of carbonyl (C=O) groups is 1. The molecule has 1 heterocycles. The van der Waals surface area contributed by atoms with Crippen molar-refractivity contribution in [2.75, 3.05) is 18.0 Å². The van der Waals surface area contributed by atoms with Crippen molar-refractivity contribution in [2.24, 2.45) is 11.1 Å². The Bertz CT molecular complexity index is 549. The van der Waals surface area contributed by atoms with Gasteiger partial charge in [0, 0.05) is 13.1 Å². The molecule has 1 aromatic carbocycles. The fourth-order valence-electron chi connectivity index (χ4n) is 1.79. The van der Waals surface area contributed by atoms with Gasteiger partial charge in [0.05, 0.1) is 11.6 Å². The zero-order chi connectivity index (χ0) is 12.6. The quantitative estimate of drug-likeness (QED) is 0.783. The van der Waals surface area contributed by atoms with Crippen molar-refractivity contribution in [3.05, 3.63) is 24.3 Å². The second kappa shape index (κ2) is 4.01. The molecule has 0 amide bonds. The summed E-state index contributed by atoms with van der Waals surface area (Å²) < 4.78 is 22.7. The fraction of sp³-hybridized carbons (Fsp3) is 0.300. The number of carboxylic acid groups (broad SMARTS) is 1. The molecule has 0 aliphatic carbocycles. The second-order valence-electron chi connectivity index (χ2n) is 3.95. The van der Waals surface area contributed by atoms with Crippen LogP contribution in [0.3, 0.4) is 0 Å². The maximum Gasteiger partial charge on any atom is 0.310 e. The third kappa shape index (κ3) is 2.25. The van der Waals surface area contributed by atoms with E-state index in [-0.39, 0.29) is 4.90 Å². The molecule has 7 heteroatoms. The van der Waals surface area contributed by atoms with Gasteiger partial charge in [-0.05, 0) is 12.1 Å². The maximum absolute atomic E-state index is 11.3. The molecule has 1 fully saturated rings. The Balaban J connectivity index is 2.27. The van der Waals surface area contributed by atoms with Crippen molar-refractivity contribution in [1.82, 2.24) is 0 Å². The van der Waals surface area contributed by atoms with Crippen molar-refractivity contribution in [2.45, 2.75) is 4.90 Å². The molecule has 1 aromatic rings. The Hall–Kier alpha value is -1.60. The Morgan fingerprint density at radius 3 is 2.47 bits per heavy atom. The molecular formula is C10H12N2O4S. The number of rotatable bonds is 3. The number of aliphatic carboxylic acids is 1. The normalized spacial score (nSPS) is 16.6. The van der Waals surface area contributed by atoms with Crippen LogP contribution in [0.25, 0.3) is 0 Å². The first-order valence-corrected chi connectivity index (χ1v) is 6.54. The van der Waals surface area contributed by atoms with Crippen LogP contribution in [0, 0.1) is 5.92 Å². The van der Waals surface area contributed by atoms with Crippen LogP contribution in [0.15, 0.2) is 29.2 Å². The van der Waals surface area contributed by atoms with Gasteiger partial charge in [0.25, 0.3) is 0 Å². The molecule has 92 valence electrons. The largest absolute Gasteiger partial charge is 0.481 e. The first kappa shape index (κ1) is 11.9. The molecule has 0 spiro atoms. The van der Waals surface area contributed by atoms with Gasteiger partial charge >= 0.3 is 5.97 Å². The van der Waals surface area contributed by atoms with E-state index in [1.165, 1.54) is 6.07 Å². The van der Waals surface area contributed by atoms with Crippen LogP contribution in [0.4, 0.5) is 5.69 Å². The number of nitrogens with zero attached hydrogens (tertiary/aromatic N) is 1. The molecule has 6 nitrogen and oxygen atoms in total. The Morgan fingerprint density at radius 1 is 1.35 bits per heavy atom. The van der Waals surface area contributed by atoms with Gasteiger partial charge < -0.3 is 10.0 Å². The molecule has 3 N–H and O–H groups in total. The molecule has 17 heavy (non-hydrogen) atoms. The number of nitrogens with two attached hydrogens (primary N) is 1. The Kier molecular flexibility index (Phi) is 2.80. The highest BCUT2D eigenvalue weighted by molar-refractivity contribution is 7.89. The van der Waals surface area contributed by atoms with E-state index in [0.29, 0.717) is 18.8 Å².